The molecule has 1 atom stereocenters. The van der Waals surface area contributed by atoms with E-state index in [-0.39, 0.29) is 6.04 Å². The van der Waals surface area contributed by atoms with Crippen molar-refractivity contribution in [2.24, 2.45) is 5.73 Å². The molecule has 0 aromatic heterocycles. The first-order valence-electron chi connectivity index (χ1n) is 6.41. The average molecular weight is 292 g/mol. The molecule has 0 bridgehead atoms. The summed E-state index contributed by atoms with van der Waals surface area (Å²) in [6.07, 6.45) is 0. The normalized spacial score (nSPS) is 12.0. The molecule has 0 fully saturated rings. The van der Waals surface area contributed by atoms with Crippen LogP contribution in [0.1, 0.15) is 24.1 Å². The third kappa shape index (κ3) is 3.65. The largest absolute Gasteiger partial charge is 0.496 e. The van der Waals surface area contributed by atoms with E-state index in [0.717, 1.165) is 22.6 Å². The average Bonchev–Trinajstić information content (AvgIpc) is 2.45. The van der Waals surface area contributed by atoms with Crippen molar-refractivity contribution in [2.45, 2.75) is 19.6 Å². The van der Waals surface area contributed by atoms with Crippen molar-refractivity contribution in [2.75, 3.05) is 7.11 Å². The Labute approximate surface area is 124 Å². The van der Waals surface area contributed by atoms with E-state index in [9.17, 15) is 0 Å². The van der Waals surface area contributed by atoms with E-state index in [2.05, 4.69) is 0 Å². The van der Waals surface area contributed by atoms with Crippen LogP contribution in [0.25, 0.3) is 0 Å². The molecule has 106 valence electrons. The molecule has 0 amide bonds. The highest BCUT2D eigenvalue weighted by molar-refractivity contribution is 6.30. The summed E-state index contributed by atoms with van der Waals surface area (Å²) in [6, 6.07) is 13.3. The van der Waals surface area contributed by atoms with Crippen molar-refractivity contribution < 1.29 is 9.47 Å². The fourth-order valence-electron chi connectivity index (χ4n) is 1.89. The minimum absolute atomic E-state index is 0.0251. The Hall–Kier alpha value is -1.71. The van der Waals surface area contributed by atoms with Crippen molar-refractivity contribution in [1.82, 2.24) is 0 Å². The molecule has 0 saturated heterocycles. The lowest BCUT2D eigenvalue weighted by Crippen LogP contribution is -2.04. The van der Waals surface area contributed by atoms with Crippen LogP contribution in [0.2, 0.25) is 5.02 Å². The van der Waals surface area contributed by atoms with Crippen LogP contribution in [0.4, 0.5) is 0 Å². The molecule has 0 aliphatic rings. The zero-order valence-corrected chi connectivity index (χ0v) is 12.4. The number of nitrogens with two attached hydrogens (primary N) is 1. The molecule has 0 aliphatic heterocycles. The molecule has 2 N–H and O–H groups in total. The van der Waals surface area contributed by atoms with E-state index in [1.807, 2.05) is 43.3 Å². The lowest BCUT2D eigenvalue weighted by Gasteiger charge is -2.11. The minimum Gasteiger partial charge on any atom is -0.496 e. The van der Waals surface area contributed by atoms with Gasteiger partial charge in [0.1, 0.15) is 18.1 Å². The second kappa shape index (κ2) is 6.64. The van der Waals surface area contributed by atoms with Crippen LogP contribution < -0.4 is 15.2 Å². The smallest absolute Gasteiger partial charge is 0.125 e. The molecule has 2 aromatic rings. The standard InChI is InChI=1S/C16H18ClNO2/c1-11(18)12-3-6-15(7-4-12)20-10-13-9-14(17)5-8-16(13)19-2/h3-9,11H,10,18H2,1-2H3/t11-/m0/s1. The van der Waals surface area contributed by atoms with E-state index in [0.29, 0.717) is 11.6 Å². The predicted molar refractivity (Wildman–Crippen MR) is 81.4 cm³/mol. The molecule has 4 heteroatoms. The summed E-state index contributed by atoms with van der Waals surface area (Å²) in [5.74, 6) is 1.55. The van der Waals surface area contributed by atoms with Gasteiger partial charge in [-0.15, -0.1) is 0 Å². The SMILES string of the molecule is COc1ccc(Cl)cc1COc1ccc([C@H](C)N)cc1. The van der Waals surface area contributed by atoms with Gasteiger partial charge in [0.15, 0.2) is 0 Å². The van der Waals surface area contributed by atoms with Crippen molar-refractivity contribution in [3.05, 3.63) is 58.6 Å². The minimum atomic E-state index is 0.0251. The third-order valence-corrected chi connectivity index (χ3v) is 3.28. The van der Waals surface area contributed by atoms with E-state index in [1.165, 1.54) is 0 Å². The Morgan fingerprint density at radius 2 is 1.85 bits per heavy atom. The summed E-state index contributed by atoms with van der Waals surface area (Å²) < 4.78 is 11.0. The fourth-order valence-corrected chi connectivity index (χ4v) is 2.08. The van der Waals surface area contributed by atoms with Crippen molar-refractivity contribution in [1.29, 1.82) is 0 Å². The van der Waals surface area contributed by atoms with Crippen LogP contribution >= 0.6 is 11.6 Å². The topological polar surface area (TPSA) is 44.5 Å². The highest BCUT2D eigenvalue weighted by Crippen LogP contribution is 2.24. The van der Waals surface area contributed by atoms with E-state index in [4.69, 9.17) is 26.8 Å². The summed E-state index contributed by atoms with van der Waals surface area (Å²) >= 11 is 5.99. The van der Waals surface area contributed by atoms with Gasteiger partial charge in [0.25, 0.3) is 0 Å². The van der Waals surface area contributed by atoms with Crippen LogP contribution in [0.5, 0.6) is 11.5 Å². The maximum Gasteiger partial charge on any atom is 0.125 e. The van der Waals surface area contributed by atoms with Crippen LogP contribution in [-0.2, 0) is 6.61 Å². The van der Waals surface area contributed by atoms with Gasteiger partial charge in [-0.3, -0.25) is 0 Å². The highest BCUT2D eigenvalue weighted by Gasteiger charge is 2.05. The fraction of sp³-hybridized carbons (Fsp3) is 0.250. The summed E-state index contributed by atoms with van der Waals surface area (Å²) in [5, 5.41) is 0.664. The van der Waals surface area contributed by atoms with Gasteiger partial charge in [-0.2, -0.15) is 0 Å². The second-order valence-corrected chi connectivity index (χ2v) is 5.04. The zero-order valence-electron chi connectivity index (χ0n) is 11.6. The van der Waals surface area contributed by atoms with Crippen molar-refractivity contribution in [3.63, 3.8) is 0 Å². The van der Waals surface area contributed by atoms with Gasteiger partial charge >= 0.3 is 0 Å². The van der Waals surface area contributed by atoms with Crippen molar-refractivity contribution >= 4 is 11.6 Å². The quantitative estimate of drug-likeness (QED) is 0.907. The summed E-state index contributed by atoms with van der Waals surface area (Å²) in [5.41, 5.74) is 7.81. The summed E-state index contributed by atoms with van der Waals surface area (Å²) in [6.45, 7) is 2.36. The second-order valence-electron chi connectivity index (χ2n) is 4.60. The molecule has 0 heterocycles. The van der Waals surface area contributed by atoms with Crippen molar-refractivity contribution in [3.8, 4) is 11.5 Å². The molecule has 2 aromatic carbocycles. The lowest BCUT2D eigenvalue weighted by molar-refractivity contribution is 0.296. The Kier molecular flexibility index (Phi) is 4.88. The van der Waals surface area contributed by atoms with Crippen LogP contribution in [0, 0.1) is 0 Å². The van der Waals surface area contributed by atoms with Crippen LogP contribution in [0.15, 0.2) is 42.5 Å². The number of hydrogen-bond donors (Lipinski definition) is 1. The molecular formula is C16H18ClNO2. The van der Waals surface area contributed by atoms with Gasteiger partial charge in [0.2, 0.25) is 0 Å². The van der Waals surface area contributed by atoms with Gasteiger partial charge in [-0.05, 0) is 42.8 Å². The molecule has 0 aliphatic carbocycles. The first kappa shape index (κ1) is 14.7. The molecule has 0 spiro atoms. The predicted octanol–water partition coefficient (Wildman–Crippen LogP) is 3.95. The Morgan fingerprint density at radius 1 is 1.15 bits per heavy atom. The Bertz CT molecular complexity index is 567. The van der Waals surface area contributed by atoms with Crippen LogP contribution in [0.3, 0.4) is 0 Å². The molecule has 0 saturated carbocycles. The maximum atomic E-state index is 5.99. The third-order valence-electron chi connectivity index (χ3n) is 3.04. The molecule has 20 heavy (non-hydrogen) atoms. The summed E-state index contributed by atoms with van der Waals surface area (Å²) in [7, 11) is 1.63. The van der Waals surface area contributed by atoms with Gasteiger partial charge in [0.05, 0.1) is 7.11 Å². The van der Waals surface area contributed by atoms with Gasteiger partial charge in [-0.25, -0.2) is 0 Å². The molecule has 3 nitrogen and oxygen atoms in total. The number of rotatable bonds is 5. The number of benzene rings is 2. The first-order valence-corrected chi connectivity index (χ1v) is 6.78. The molecule has 0 radical (unpaired) electrons. The lowest BCUT2D eigenvalue weighted by atomic mass is 10.1. The van der Waals surface area contributed by atoms with Gasteiger partial charge in [-0.1, -0.05) is 23.7 Å². The monoisotopic (exact) mass is 291 g/mol. The van der Waals surface area contributed by atoms with E-state index >= 15 is 0 Å². The Morgan fingerprint density at radius 3 is 2.45 bits per heavy atom. The van der Waals surface area contributed by atoms with E-state index in [1.54, 1.807) is 13.2 Å². The maximum absolute atomic E-state index is 5.99. The summed E-state index contributed by atoms with van der Waals surface area (Å²) in [4.78, 5) is 0. The number of ether oxygens (including phenoxy) is 2. The van der Waals surface area contributed by atoms with Crippen LogP contribution in [-0.4, -0.2) is 7.11 Å². The number of halogens is 1. The van der Waals surface area contributed by atoms with Gasteiger partial charge in [0, 0.05) is 16.6 Å². The molecular weight excluding hydrogens is 274 g/mol. The molecule has 0 unspecified atom stereocenters. The first-order chi connectivity index (χ1) is 9.60. The van der Waals surface area contributed by atoms with Gasteiger partial charge < -0.3 is 15.2 Å². The Balaban J connectivity index is 2.06. The number of methoxy groups -OCH3 is 1. The molecule has 2 rings (SSSR count). The number of hydrogen-bond acceptors (Lipinski definition) is 3. The zero-order chi connectivity index (χ0) is 14.5. The van der Waals surface area contributed by atoms with E-state index < -0.39 is 0 Å². The highest BCUT2D eigenvalue weighted by atomic mass is 35.5.